The van der Waals surface area contributed by atoms with Gasteiger partial charge in [0.05, 0.1) is 28.5 Å². The Morgan fingerprint density at radius 2 is 2.10 bits per heavy atom. The van der Waals surface area contributed by atoms with Gasteiger partial charge in [-0.2, -0.15) is 5.10 Å². The first kappa shape index (κ1) is 14.8. The van der Waals surface area contributed by atoms with Gasteiger partial charge in [0.15, 0.2) is 5.76 Å². The number of hydrogen-bond acceptors (Lipinski definition) is 4. The minimum Gasteiger partial charge on any atom is -0.494 e. The van der Waals surface area contributed by atoms with Crippen molar-refractivity contribution in [3.63, 3.8) is 0 Å². The Labute approximate surface area is 132 Å². The maximum atomic E-state index is 11.6. The predicted octanol–water partition coefficient (Wildman–Crippen LogP) is 3.58. The molecule has 2 aromatic rings. The number of halogens is 2. The van der Waals surface area contributed by atoms with Crippen molar-refractivity contribution in [3.05, 3.63) is 50.8 Å². The van der Waals surface area contributed by atoms with E-state index in [2.05, 4.69) is 42.4 Å². The van der Waals surface area contributed by atoms with Crippen LogP contribution in [0.1, 0.15) is 16.1 Å². The van der Waals surface area contributed by atoms with Gasteiger partial charge in [-0.3, -0.25) is 4.79 Å². The standard InChI is InChI=1S/C13H10Br2N2O3/c1-19-12-9(14)5-8(6-10(12)15)7-16-17-13(18)11-3-2-4-20-11/h2-7H,1H3,(H,17,18)/b16-7-. The van der Waals surface area contributed by atoms with Crippen LogP contribution in [0, 0.1) is 0 Å². The topological polar surface area (TPSA) is 63.8 Å². The summed E-state index contributed by atoms with van der Waals surface area (Å²) in [5.41, 5.74) is 3.17. The fourth-order valence-electron chi connectivity index (χ4n) is 1.48. The number of benzene rings is 1. The highest BCUT2D eigenvalue weighted by atomic mass is 79.9. The smallest absolute Gasteiger partial charge is 0.307 e. The van der Waals surface area contributed by atoms with E-state index in [9.17, 15) is 4.79 Å². The number of nitrogens with one attached hydrogen (secondary N) is 1. The van der Waals surface area contributed by atoms with Crippen LogP contribution in [0.25, 0.3) is 0 Å². The number of furan rings is 1. The first-order valence-electron chi connectivity index (χ1n) is 5.51. The van der Waals surface area contributed by atoms with E-state index in [1.807, 2.05) is 12.1 Å². The molecule has 0 saturated carbocycles. The highest BCUT2D eigenvalue weighted by Crippen LogP contribution is 2.33. The van der Waals surface area contributed by atoms with Crippen LogP contribution in [-0.4, -0.2) is 19.2 Å². The minimum absolute atomic E-state index is 0.208. The fourth-order valence-corrected chi connectivity index (χ4v) is 3.02. The van der Waals surface area contributed by atoms with Crippen LogP contribution in [0.5, 0.6) is 5.75 Å². The molecule has 104 valence electrons. The molecule has 1 N–H and O–H groups in total. The Balaban J connectivity index is 2.07. The molecule has 0 unspecified atom stereocenters. The highest BCUT2D eigenvalue weighted by Gasteiger charge is 2.08. The van der Waals surface area contributed by atoms with E-state index in [1.165, 1.54) is 12.5 Å². The van der Waals surface area contributed by atoms with E-state index < -0.39 is 5.91 Å². The molecule has 1 amide bonds. The van der Waals surface area contributed by atoms with Crippen molar-refractivity contribution in [1.82, 2.24) is 5.43 Å². The molecule has 7 heteroatoms. The Bertz CT molecular complexity index is 616. The van der Waals surface area contributed by atoms with Crippen molar-refractivity contribution in [2.45, 2.75) is 0 Å². The average molecular weight is 402 g/mol. The summed E-state index contributed by atoms with van der Waals surface area (Å²) in [6.07, 6.45) is 2.95. The average Bonchev–Trinajstić information content (AvgIpc) is 2.92. The molecule has 5 nitrogen and oxygen atoms in total. The number of hydrogen-bond donors (Lipinski definition) is 1. The number of rotatable bonds is 4. The van der Waals surface area contributed by atoms with Crippen molar-refractivity contribution in [2.24, 2.45) is 5.10 Å². The van der Waals surface area contributed by atoms with E-state index in [0.29, 0.717) is 5.75 Å². The van der Waals surface area contributed by atoms with Crippen LogP contribution in [0.15, 0.2) is 49.0 Å². The van der Waals surface area contributed by atoms with Gasteiger partial charge in [-0.1, -0.05) is 0 Å². The lowest BCUT2D eigenvalue weighted by atomic mass is 10.2. The van der Waals surface area contributed by atoms with E-state index in [-0.39, 0.29) is 5.76 Å². The van der Waals surface area contributed by atoms with E-state index >= 15 is 0 Å². The second-order valence-corrected chi connectivity index (χ2v) is 5.40. The number of amides is 1. The molecule has 0 spiro atoms. The van der Waals surface area contributed by atoms with Crippen LogP contribution >= 0.6 is 31.9 Å². The normalized spacial score (nSPS) is 10.8. The van der Waals surface area contributed by atoms with Crippen molar-refractivity contribution in [2.75, 3.05) is 7.11 Å². The van der Waals surface area contributed by atoms with Gasteiger partial charge in [0.25, 0.3) is 0 Å². The van der Waals surface area contributed by atoms with Crippen molar-refractivity contribution in [1.29, 1.82) is 0 Å². The van der Waals surface area contributed by atoms with Crippen LogP contribution in [0.2, 0.25) is 0 Å². The number of nitrogens with zero attached hydrogens (tertiary/aromatic N) is 1. The highest BCUT2D eigenvalue weighted by molar-refractivity contribution is 9.11. The van der Waals surface area contributed by atoms with Crippen LogP contribution in [-0.2, 0) is 0 Å². The van der Waals surface area contributed by atoms with Gasteiger partial charge in [0, 0.05) is 0 Å². The van der Waals surface area contributed by atoms with Crippen LogP contribution in [0.3, 0.4) is 0 Å². The van der Waals surface area contributed by atoms with Gasteiger partial charge in [-0.05, 0) is 61.7 Å². The lowest BCUT2D eigenvalue weighted by Crippen LogP contribution is -2.16. The van der Waals surface area contributed by atoms with Gasteiger partial charge in [0.1, 0.15) is 5.75 Å². The monoisotopic (exact) mass is 400 g/mol. The first-order valence-corrected chi connectivity index (χ1v) is 7.10. The zero-order valence-corrected chi connectivity index (χ0v) is 13.6. The van der Waals surface area contributed by atoms with Gasteiger partial charge in [-0.15, -0.1) is 0 Å². The summed E-state index contributed by atoms with van der Waals surface area (Å²) in [6, 6.07) is 6.85. The van der Waals surface area contributed by atoms with E-state index in [4.69, 9.17) is 9.15 Å². The molecule has 0 aliphatic carbocycles. The number of ether oxygens (including phenoxy) is 1. The summed E-state index contributed by atoms with van der Waals surface area (Å²) in [4.78, 5) is 11.6. The molecule has 2 rings (SSSR count). The Kier molecular flexibility index (Phi) is 4.97. The number of hydrazone groups is 1. The second-order valence-electron chi connectivity index (χ2n) is 3.69. The molecule has 0 radical (unpaired) electrons. The molecule has 0 atom stereocenters. The summed E-state index contributed by atoms with van der Waals surface area (Å²) < 4.78 is 11.7. The summed E-state index contributed by atoms with van der Waals surface area (Å²) in [7, 11) is 1.59. The van der Waals surface area contributed by atoms with Crippen molar-refractivity contribution >= 4 is 44.0 Å². The van der Waals surface area contributed by atoms with Gasteiger partial charge >= 0.3 is 5.91 Å². The third kappa shape index (κ3) is 3.49. The maximum Gasteiger partial charge on any atom is 0.307 e. The number of carbonyl (C=O) groups excluding carboxylic acids is 1. The Hall–Kier alpha value is -1.60. The Morgan fingerprint density at radius 3 is 2.65 bits per heavy atom. The maximum absolute atomic E-state index is 11.6. The summed E-state index contributed by atoms with van der Waals surface area (Å²) >= 11 is 6.78. The third-order valence-electron chi connectivity index (χ3n) is 2.35. The molecular formula is C13H10Br2N2O3. The predicted molar refractivity (Wildman–Crippen MR) is 82.2 cm³/mol. The largest absolute Gasteiger partial charge is 0.494 e. The third-order valence-corrected chi connectivity index (χ3v) is 3.53. The van der Waals surface area contributed by atoms with Crippen molar-refractivity contribution in [3.8, 4) is 5.75 Å². The van der Waals surface area contributed by atoms with Gasteiger partial charge < -0.3 is 9.15 Å². The van der Waals surface area contributed by atoms with Gasteiger partial charge in [-0.25, -0.2) is 5.43 Å². The summed E-state index contributed by atoms with van der Waals surface area (Å²) in [5, 5.41) is 3.87. The lowest BCUT2D eigenvalue weighted by molar-refractivity contribution is 0.0927. The first-order chi connectivity index (χ1) is 9.61. The van der Waals surface area contributed by atoms with E-state index in [0.717, 1.165) is 14.5 Å². The fraction of sp³-hybridized carbons (Fsp3) is 0.0769. The molecule has 0 fully saturated rings. The van der Waals surface area contributed by atoms with Gasteiger partial charge in [0.2, 0.25) is 0 Å². The molecule has 0 aliphatic rings. The lowest BCUT2D eigenvalue weighted by Gasteiger charge is -2.06. The molecule has 1 heterocycles. The summed E-state index contributed by atoms with van der Waals surface area (Å²) in [5.74, 6) is 0.499. The van der Waals surface area contributed by atoms with E-state index in [1.54, 1.807) is 19.2 Å². The molecule has 1 aromatic carbocycles. The summed E-state index contributed by atoms with van der Waals surface area (Å²) in [6.45, 7) is 0. The quantitative estimate of drug-likeness (QED) is 0.629. The number of carbonyl (C=O) groups is 1. The molecule has 20 heavy (non-hydrogen) atoms. The second kappa shape index (κ2) is 6.71. The van der Waals surface area contributed by atoms with Crippen molar-refractivity contribution < 1.29 is 13.9 Å². The van der Waals surface area contributed by atoms with Crippen LogP contribution in [0.4, 0.5) is 0 Å². The molecule has 0 bridgehead atoms. The molecular weight excluding hydrogens is 392 g/mol. The Morgan fingerprint density at radius 1 is 1.40 bits per heavy atom. The zero-order chi connectivity index (χ0) is 14.5. The van der Waals surface area contributed by atoms with Crippen LogP contribution < -0.4 is 10.2 Å². The number of methoxy groups -OCH3 is 1. The SMILES string of the molecule is COc1c(Br)cc(/C=N\NC(=O)c2ccco2)cc1Br. The molecule has 0 saturated heterocycles. The molecule has 1 aromatic heterocycles. The molecule has 0 aliphatic heterocycles. The minimum atomic E-state index is -0.405. The zero-order valence-electron chi connectivity index (χ0n) is 10.4.